The molecule has 2 aromatic carbocycles. The van der Waals surface area contributed by atoms with Crippen molar-refractivity contribution in [3.05, 3.63) is 70.4 Å². The first-order valence-corrected chi connectivity index (χ1v) is 10.0. The van der Waals surface area contributed by atoms with Crippen LogP contribution in [-0.2, 0) is 5.41 Å². The molecular weight excluding hydrogens is 422 g/mol. The molecule has 0 bridgehead atoms. The molecule has 1 aliphatic rings. The molecule has 0 aliphatic heterocycles. The van der Waals surface area contributed by atoms with Crippen LogP contribution in [0.15, 0.2) is 68.6 Å². The Hall–Kier alpha value is -2.18. The van der Waals surface area contributed by atoms with Crippen LogP contribution < -0.4 is 11.2 Å². The van der Waals surface area contributed by atoms with Gasteiger partial charge in [0.2, 0.25) is 0 Å². The van der Waals surface area contributed by atoms with E-state index in [9.17, 15) is 0 Å². The number of benzene rings is 2. The molecule has 1 fully saturated rings. The second kappa shape index (κ2) is 7.09. The summed E-state index contributed by atoms with van der Waals surface area (Å²) in [5.41, 5.74) is 11.5. The van der Waals surface area contributed by atoms with Crippen molar-refractivity contribution in [2.75, 3.05) is 0 Å². The van der Waals surface area contributed by atoms with Crippen LogP contribution in [0.1, 0.15) is 31.1 Å². The van der Waals surface area contributed by atoms with E-state index in [2.05, 4.69) is 63.7 Å². The summed E-state index contributed by atoms with van der Waals surface area (Å²) >= 11 is 8.44. The van der Waals surface area contributed by atoms with Crippen LogP contribution in [0.3, 0.4) is 0 Å². The van der Waals surface area contributed by atoms with Gasteiger partial charge in [-0.1, -0.05) is 53.2 Å². The Bertz CT molecular complexity index is 1020. The fourth-order valence-electron chi connectivity index (χ4n) is 3.90. The number of hydrogen-bond donors (Lipinski definition) is 2. The number of furan rings is 1. The minimum atomic E-state index is 0.144. The van der Waals surface area contributed by atoms with Crippen LogP contribution >= 0.6 is 28.1 Å². The molecule has 1 aliphatic carbocycles. The van der Waals surface area contributed by atoms with Gasteiger partial charge in [0.25, 0.3) is 0 Å². The monoisotopic (exact) mass is 441 g/mol. The number of hydrogen-bond acceptors (Lipinski definition) is 3. The first-order chi connectivity index (χ1) is 12.9. The fraction of sp³-hybridized carbons (Fsp3) is 0.238. The predicted octanol–water partition coefficient (Wildman–Crippen LogP) is 5.10. The Morgan fingerprint density at radius 1 is 1.22 bits per heavy atom. The van der Waals surface area contributed by atoms with Crippen LogP contribution in [0.4, 0.5) is 0 Å². The summed E-state index contributed by atoms with van der Waals surface area (Å²) in [6.45, 7) is 2.30. The normalized spacial score (nSPS) is 22.4. The summed E-state index contributed by atoms with van der Waals surface area (Å²) in [4.78, 5) is 0. The Balaban J connectivity index is 1.64. The van der Waals surface area contributed by atoms with Crippen molar-refractivity contribution < 1.29 is 4.42 Å². The number of halogens is 1. The third kappa shape index (κ3) is 3.64. The lowest BCUT2D eigenvalue weighted by Gasteiger charge is -2.45. The van der Waals surface area contributed by atoms with E-state index in [4.69, 9.17) is 22.4 Å². The van der Waals surface area contributed by atoms with Crippen molar-refractivity contribution in [3.8, 4) is 0 Å². The molecule has 1 heterocycles. The summed E-state index contributed by atoms with van der Waals surface area (Å²) in [6, 6.07) is 18.6. The maximum Gasteiger partial charge on any atom is 0.184 e. The minimum absolute atomic E-state index is 0.144. The number of fused-ring (bicyclic) bond motifs is 1. The van der Waals surface area contributed by atoms with Gasteiger partial charge in [-0.15, -0.1) is 0 Å². The van der Waals surface area contributed by atoms with Gasteiger partial charge in [0.05, 0.1) is 0 Å². The number of hydrazone groups is 1. The molecule has 0 saturated heterocycles. The molecule has 6 heteroatoms. The molecule has 0 unspecified atom stereocenters. The van der Waals surface area contributed by atoms with Crippen molar-refractivity contribution in [1.82, 2.24) is 5.43 Å². The highest BCUT2D eigenvalue weighted by atomic mass is 79.9. The average molecular weight is 442 g/mol. The molecular formula is C21H20BrN3OS. The van der Waals surface area contributed by atoms with Crippen molar-refractivity contribution in [2.45, 2.75) is 25.2 Å². The fourth-order valence-corrected chi connectivity index (χ4v) is 4.33. The van der Waals surface area contributed by atoms with Crippen LogP contribution in [0.2, 0.25) is 0 Å². The SMILES string of the molecule is CC1(c2ccccc2)CC(C(=NNC(N)=S)c2cc3cc(Br)ccc3o2)C1. The molecule has 0 atom stereocenters. The molecule has 1 aromatic heterocycles. The largest absolute Gasteiger partial charge is 0.455 e. The maximum atomic E-state index is 6.07. The van der Waals surface area contributed by atoms with E-state index in [-0.39, 0.29) is 16.4 Å². The molecule has 138 valence electrons. The first-order valence-electron chi connectivity index (χ1n) is 8.83. The zero-order valence-corrected chi connectivity index (χ0v) is 17.3. The summed E-state index contributed by atoms with van der Waals surface area (Å²) in [7, 11) is 0. The Labute approximate surface area is 171 Å². The summed E-state index contributed by atoms with van der Waals surface area (Å²) in [6.07, 6.45) is 1.99. The number of rotatable bonds is 4. The molecule has 0 spiro atoms. The molecule has 0 amide bonds. The Morgan fingerprint density at radius 3 is 2.67 bits per heavy atom. The topological polar surface area (TPSA) is 63.5 Å². The predicted molar refractivity (Wildman–Crippen MR) is 117 cm³/mol. The maximum absolute atomic E-state index is 6.07. The molecule has 3 N–H and O–H groups in total. The second-order valence-corrected chi connectivity index (χ2v) is 8.65. The third-order valence-corrected chi connectivity index (χ3v) is 5.85. The van der Waals surface area contributed by atoms with Crippen molar-refractivity contribution in [2.24, 2.45) is 16.8 Å². The van der Waals surface area contributed by atoms with E-state index in [1.165, 1.54) is 5.56 Å². The minimum Gasteiger partial charge on any atom is -0.455 e. The van der Waals surface area contributed by atoms with Gasteiger partial charge in [0, 0.05) is 15.8 Å². The van der Waals surface area contributed by atoms with Gasteiger partial charge < -0.3 is 10.2 Å². The molecule has 4 nitrogen and oxygen atoms in total. The second-order valence-electron chi connectivity index (χ2n) is 7.30. The van der Waals surface area contributed by atoms with Gasteiger partial charge in [0.1, 0.15) is 11.3 Å². The number of nitrogens with one attached hydrogen (secondary N) is 1. The first kappa shape index (κ1) is 18.2. The quantitative estimate of drug-likeness (QED) is 0.335. The highest BCUT2D eigenvalue weighted by Gasteiger charge is 2.44. The van der Waals surface area contributed by atoms with Gasteiger partial charge in [-0.3, -0.25) is 5.43 Å². The van der Waals surface area contributed by atoms with Crippen molar-refractivity contribution >= 4 is 49.9 Å². The Kier molecular flexibility index (Phi) is 4.78. The van der Waals surface area contributed by atoms with Gasteiger partial charge in [-0.05, 0) is 60.3 Å². The molecule has 3 aromatic rings. The summed E-state index contributed by atoms with van der Waals surface area (Å²) < 4.78 is 7.09. The van der Waals surface area contributed by atoms with Crippen molar-refractivity contribution in [3.63, 3.8) is 0 Å². The van der Waals surface area contributed by atoms with E-state index < -0.39 is 0 Å². The van der Waals surface area contributed by atoms with E-state index in [0.717, 1.165) is 39.8 Å². The van der Waals surface area contributed by atoms with Crippen LogP contribution in [0, 0.1) is 5.92 Å². The van der Waals surface area contributed by atoms with Gasteiger partial charge in [-0.2, -0.15) is 5.10 Å². The lowest BCUT2D eigenvalue weighted by atomic mass is 9.58. The van der Waals surface area contributed by atoms with E-state index in [1.807, 2.05) is 24.3 Å². The van der Waals surface area contributed by atoms with Crippen LogP contribution in [0.25, 0.3) is 11.0 Å². The highest BCUT2D eigenvalue weighted by molar-refractivity contribution is 9.10. The highest BCUT2D eigenvalue weighted by Crippen LogP contribution is 2.49. The van der Waals surface area contributed by atoms with E-state index in [1.54, 1.807) is 0 Å². The van der Waals surface area contributed by atoms with Gasteiger partial charge in [-0.25, -0.2) is 0 Å². The van der Waals surface area contributed by atoms with E-state index in [0.29, 0.717) is 0 Å². The average Bonchev–Trinajstić information content (AvgIpc) is 3.03. The molecule has 27 heavy (non-hydrogen) atoms. The summed E-state index contributed by atoms with van der Waals surface area (Å²) in [5, 5.41) is 5.67. The van der Waals surface area contributed by atoms with Gasteiger partial charge in [0.15, 0.2) is 10.9 Å². The van der Waals surface area contributed by atoms with Crippen LogP contribution in [0.5, 0.6) is 0 Å². The zero-order chi connectivity index (χ0) is 19.0. The standard InChI is InChI=1S/C21H20BrN3OS/c1-21(15-5-3-2-4-6-15)11-14(12-21)19(24-25-20(23)27)18-10-13-9-16(22)7-8-17(13)26-18/h2-10,14H,11-12H2,1H3,(H3,23,25,27). The van der Waals surface area contributed by atoms with Crippen LogP contribution in [-0.4, -0.2) is 10.8 Å². The lowest BCUT2D eigenvalue weighted by molar-refractivity contribution is 0.216. The smallest absolute Gasteiger partial charge is 0.184 e. The number of nitrogens with two attached hydrogens (primary N) is 1. The Morgan fingerprint density at radius 2 is 1.96 bits per heavy atom. The number of nitrogens with zero attached hydrogens (tertiary/aromatic N) is 1. The van der Waals surface area contributed by atoms with Gasteiger partial charge >= 0.3 is 0 Å². The molecule has 1 saturated carbocycles. The lowest BCUT2D eigenvalue weighted by Crippen LogP contribution is -2.43. The number of thiocarbonyl (C=S) groups is 1. The third-order valence-electron chi connectivity index (χ3n) is 5.27. The van der Waals surface area contributed by atoms with Crippen molar-refractivity contribution in [1.29, 1.82) is 0 Å². The molecule has 4 rings (SSSR count). The molecule has 0 radical (unpaired) electrons. The summed E-state index contributed by atoms with van der Waals surface area (Å²) in [5.74, 6) is 1.04. The zero-order valence-electron chi connectivity index (χ0n) is 14.9. The van der Waals surface area contributed by atoms with E-state index >= 15 is 0 Å².